The number of hydrogen-bond donors (Lipinski definition) is 1. The average molecular weight is 380 g/mol. The van der Waals surface area contributed by atoms with Gasteiger partial charge in [0.2, 0.25) is 11.8 Å². The van der Waals surface area contributed by atoms with Crippen molar-refractivity contribution in [2.45, 2.75) is 45.2 Å². The van der Waals surface area contributed by atoms with Gasteiger partial charge in [-0.15, -0.1) is 0 Å². The van der Waals surface area contributed by atoms with Crippen LogP contribution < -0.4 is 10.1 Å². The van der Waals surface area contributed by atoms with Gasteiger partial charge < -0.3 is 15.0 Å². The van der Waals surface area contributed by atoms with E-state index < -0.39 is 5.54 Å². The first-order valence-electron chi connectivity index (χ1n) is 9.87. The summed E-state index contributed by atoms with van der Waals surface area (Å²) in [5.41, 5.74) is 1.37. The standard InChI is InChI=1S/C23H28N2O3/c1-3-28-20-11-9-18(10-12-20)14-16-25-21(26)13-15-23(25,2)22(27)24-17-19-7-5-4-6-8-19/h4-12H,3,13-17H2,1-2H3,(H,24,27). The molecule has 2 amide bonds. The molecule has 1 aliphatic rings. The third-order valence-electron chi connectivity index (χ3n) is 5.37. The number of benzene rings is 2. The lowest BCUT2D eigenvalue weighted by molar-refractivity contribution is -0.140. The molecule has 148 valence electrons. The van der Waals surface area contributed by atoms with Crippen molar-refractivity contribution in [2.24, 2.45) is 0 Å². The number of ether oxygens (including phenoxy) is 1. The number of carbonyl (C=O) groups is 2. The van der Waals surface area contributed by atoms with Crippen LogP contribution in [0.25, 0.3) is 0 Å². The Labute approximate surface area is 166 Å². The molecule has 1 N–H and O–H groups in total. The van der Waals surface area contributed by atoms with Gasteiger partial charge in [-0.25, -0.2) is 0 Å². The molecule has 0 radical (unpaired) electrons. The molecule has 5 nitrogen and oxygen atoms in total. The van der Waals surface area contributed by atoms with E-state index in [-0.39, 0.29) is 11.8 Å². The first kappa shape index (κ1) is 19.9. The molecule has 2 aromatic carbocycles. The number of nitrogens with one attached hydrogen (secondary N) is 1. The van der Waals surface area contributed by atoms with Gasteiger partial charge >= 0.3 is 0 Å². The molecule has 0 saturated carbocycles. The van der Waals surface area contributed by atoms with E-state index in [1.165, 1.54) is 0 Å². The fraction of sp³-hybridized carbons (Fsp3) is 0.391. The Bertz CT molecular complexity index is 804. The van der Waals surface area contributed by atoms with Crippen LogP contribution in [0.4, 0.5) is 0 Å². The first-order chi connectivity index (χ1) is 13.5. The van der Waals surface area contributed by atoms with E-state index in [0.717, 1.165) is 16.9 Å². The molecule has 1 atom stereocenters. The normalized spacial score (nSPS) is 18.9. The van der Waals surface area contributed by atoms with Gasteiger partial charge in [-0.1, -0.05) is 42.5 Å². The summed E-state index contributed by atoms with van der Waals surface area (Å²) < 4.78 is 5.47. The van der Waals surface area contributed by atoms with Gasteiger partial charge in [0, 0.05) is 19.5 Å². The molecule has 28 heavy (non-hydrogen) atoms. The maximum absolute atomic E-state index is 12.9. The third-order valence-corrected chi connectivity index (χ3v) is 5.37. The molecule has 1 saturated heterocycles. The van der Waals surface area contributed by atoms with E-state index in [9.17, 15) is 9.59 Å². The predicted octanol–water partition coefficient (Wildman–Crippen LogP) is 3.33. The van der Waals surface area contributed by atoms with E-state index in [1.807, 2.05) is 68.4 Å². The molecule has 1 aliphatic heterocycles. The SMILES string of the molecule is CCOc1ccc(CCN2C(=O)CCC2(C)C(=O)NCc2ccccc2)cc1. The molecule has 2 aromatic rings. The Hall–Kier alpha value is -2.82. The van der Waals surface area contributed by atoms with Gasteiger partial charge in [0.1, 0.15) is 11.3 Å². The second-order valence-electron chi connectivity index (χ2n) is 7.31. The fourth-order valence-corrected chi connectivity index (χ4v) is 3.63. The highest BCUT2D eigenvalue weighted by atomic mass is 16.5. The minimum Gasteiger partial charge on any atom is -0.494 e. The molecular weight excluding hydrogens is 352 g/mol. The van der Waals surface area contributed by atoms with Crippen LogP contribution in [-0.2, 0) is 22.6 Å². The van der Waals surface area contributed by atoms with Gasteiger partial charge in [0.25, 0.3) is 0 Å². The molecule has 3 rings (SSSR count). The summed E-state index contributed by atoms with van der Waals surface area (Å²) in [5.74, 6) is 0.797. The summed E-state index contributed by atoms with van der Waals surface area (Å²) >= 11 is 0. The molecule has 1 unspecified atom stereocenters. The van der Waals surface area contributed by atoms with E-state index >= 15 is 0 Å². The van der Waals surface area contributed by atoms with E-state index in [0.29, 0.717) is 39.0 Å². The minimum atomic E-state index is -0.795. The van der Waals surface area contributed by atoms with Gasteiger partial charge in [-0.2, -0.15) is 0 Å². The number of hydrogen-bond acceptors (Lipinski definition) is 3. The quantitative estimate of drug-likeness (QED) is 0.764. The van der Waals surface area contributed by atoms with Gasteiger partial charge in [-0.3, -0.25) is 9.59 Å². The number of nitrogens with zero attached hydrogens (tertiary/aromatic N) is 1. The van der Waals surface area contributed by atoms with Crippen molar-refractivity contribution in [1.29, 1.82) is 0 Å². The van der Waals surface area contributed by atoms with E-state index in [2.05, 4.69) is 5.32 Å². The van der Waals surface area contributed by atoms with Crippen LogP contribution in [0, 0.1) is 0 Å². The van der Waals surface area contributed by atoms with Gasteiger partial charge in [0.05, 0.1) is 6.61 Å². The van der Waals surface area contributed by atoms with Gasteiger partial charge in [-0.05, 0) is 49.9 Å². The van der Waals surface area contributed by atoms with Crippen LogP contribution in [0.3, 0.4) is 0 Å². The van der Waals surface area contributed by atoms with Crippen molar-refractivity contribution in [2.75, 3.05) is 13.2 Å². The first-order valence-corrected chi connectivity index (χ1v) is 9.87. The van der Waals surface area contributed by atoms with Crippen molar-refractivity contribution in [1.82, 2.24) is 10.2 Å². The van der Waals surface area contributed by atoms with Crippen molar-refractivity contribution in [3.05, 3.63) is 65.7 Å². The monoisotopic (exact) mass is 380 g/mol. The lowest BCUT2D eigenvalue weighted by atomic mass is 9.97. The zero-order chi connectivity index (χ0) is 20.0. The lowest BCUT2D eigenvalue weighted by Gasteiger charge is -2.34. The summed E-state index contributed by atoms with van der Waals surface area (Å²) in [6.45, 7) is 5.46. The summed E-state index contributed by atoms with van der Waals surface area (Å²) in [6, 6.07) is 17.7. The molecular formula is C23H28N2O3. The second kappa shape index (κ2) is 8.91. The molecule has 0 bridgehead atoms. The lowest BCUT2D eigenvalue weighted by Crippen LogP contribution is -2.54. The summed E-state index contributed by atoms with van der Waals surface area (Å²) in [6.07, 6.45) is 1.67. The van der Waals surface area contributed by atoms with Crippen LogP contribution in [0.5, 0.6) is 5.75 Å². The number of likely N-dealkylation sites (tertiary alicyclic amines) is 1. The Morgan fingerprint density at radius 1 is 1.11 bits per heavy atom. The highest BCUT2D eigenvalue weighted by Crippen LogP contribution is 2.30. The highest BCUT2D eigenvalue weighted by molar-refractivity contribution is 5.94. The fourth-order valence-electron chi connectivity index (χ4n) is 3.63. The Morgan fingerprint density at radius 2 is 1.82 bits per heavy atom. The smallest absolute Gasteiger partial charge is 0.245 e. The van der Waals surface area contributed by atoms with E-state index in [4.69, 9.17) is 4.74 Å². The van der Waals surface area contributed by atoms with Crippen LogP contribution in [0.15, 0.2) is 54.6 Å². The number of rotatable bonds is 8. The predicted molar refractivity (Wildman–Crippen MR) is 109 cm³/mol. The molecule has 0 aromatic heterocycles. The zero-order valence-electron chi connectivity index (χ0n) is 16.6. The maximum atomic E-state index is 12.9. The summed E-state index contributed by atoms with van der Waals surface area (Å²) in [4.78, 5) is 27.1. The highest BCUT2D eigenvalue weighted by Gasteiger charge is 2.46. The maximum Gasteiger partial charge on any atom is 0.245 e. The van der Waals surface area contributed by atoms with Crippen LogP contribution in [0.2, 0.25) is 0 Å². The van der Waals surface area contributed by atoms with Crippen molar-refractivity contribution >= 4 is 11.8 Å². The van der Waals surface area contributed by atoms with Crippen LogP contribution in [-0.4, -0.2) is 35.4 Å². The largest absolute Gasteiger partial charge is 0.494 e. The average Bonchev–Trinajstić information content (AvgIpc) is 3.02. The van der Waals surface area contributed by atoms with Crippen molar-refractivity contribution < 1.29 is 14.3 Å². The van der Waals surface area contributed by atoms with Crippen molar-refractivity contribution in [3.8, 4) is 5.75 Å². The van der Waals surface area contributed by atoms with Crippen LogP contribution in [0.1, 0.15) is 37.8 Å². The topological polar surface area (TPSA) is 58.6 Å². The Kier molecular flexibility index (Phi) is 6.34. The van der Waals surface area contributed by atoms with E-state index in [1.54, 1.807) is 4.90 Å². The molecule has 1 fully saturated rings. The van der Waals surface area contributed by atoms with Crippen LogP contribution >= 0.6 is 0 Å². The minimum absolute atomic E-state index is 0.0447. The van der Waals surface area contributed by atoms with Crippen molar-refractivity contribution in [3.63, 3.8) is 0 Å². The second-order valence-corrected chi connectivity index (χ2v) is 7.31. The molecule has 0 spiro atoms. The Balaban J connectivity index is 1.61. The molecule has 5 heteroatoms. The molecule has 1 heterocycles. The molecule has 0 aliphatic carbocycles. The summed E-state index contributed by atoms with van der Waals surface area (Å²) in [5, 5.41) is 3.00. The third kappa shape index (κ3) is 4.53. The number of carbonyl (C=O) groups excluding carboxylic acids is 2. The number of amides is 2. The zero-order valence-corrected chi connectivity index (χ0v) is 16.6. The van der Waals surface area contributed by atoms with Gasteiger partial charge in [0.15, 0.2) is 0 Å². The Morgan fingerprint density at radius 3 is 2.50 bits per heavy atom. The summed E-state index contributed by atoms with van der Waals surface area (Å²) in [7, 11) is 0.